The van der Waals surface area contributed by atoms with Gasteiger partial charge in [0.05, 0.1) is 0 Å². The van der Waals surface area contributed by atoms with E-state index in [4.69, 9.17) is 0 Å². The van der Waals surface area contributed by atoms with Gasteiger partial charge in [-0.3, -0.25) is 0 Å². The predicted molar refractivity (Wildman–Crippen MR) is 58.0 cm³/mol. The third-order valence-electron chi connectivity index (χ3n) is 2.86. The minimum Gasteiger partial charge on any atom is -0.316 e. The Kier molecular flexibility index (Phi) is 3.74. The topological polar surface area (TPSA) is 15.3 Å². The van der Waals surface area contributed by atoms with Crippen LogP contribution in [0.4, 0.5) is 0 Å². The Morgan fingerprint density at radius 1 is 1.38 bits per heavy atom. The van der Waals surface area contributed by atoms with Gasteiger partial charge in [0.15, 0.2) is 0 Å². The molecule has 1 rings (SSSR count). The Labute approximate surface area is 82.7 Å². The first-order chi connectivity index (χ1) is 6.01. The quantitative estimate of drug-likeness (QED) is 0.718. The maximum atomic E-state index is 3.35. The van der Waals surface area contributed by atoms with Crippen LogP contribution in [-0.2, 0) is 0 Å². The lowest BCUT2D eigenvalue weighted by Crippen LogP contribution is -2.31. The lowest BCUT2D eigenvalue weighted by atomic mass is 9.92. The molecular weight excluding hydrogens is 160 g/mol. The molecule has 0 radical (unpaired) electrons. The Hall–Kier alpha value is -0.0800. The number of likely N-dealkylation sites (N-methyl/N-ethyl adjacent to an activating group) is 1. The van der Waals surface area contributed by atoms with E-state index in [1.165, 1.54) is 32.5 Å². The predicted octanol–water partition coefficient (Wildman–Crippen LogP) is 1.72. The third-order valence-corrected chi connectivity index (χ3v) is 2.86. The summed E-state index contributed by atoms with van der Waals surface area (Å²) < 4.78 is 0. The SMILES string of the molecule is CNC1CCN(CCC(C)(C)C)C1. The summed E-state index contributed by atoms with van der Waals surface area (Å²) in [7, 11) is 2.07. The summed E-state index contributed by atoms with van der Waals surface area (Å²) in [5.74, 6) is 0. The fourth-order valence-electron chi connectivity index (χ4n) is 1.76. The highest BCUT2D eigenvalue weighted by molar-refractivity contribution is 4.80. The molecule has 2 nitrogen and oxygen atoms in total. The van der Waals surface area contributed by atoms with Crippen LogP contribution in [0.3, 0.4) is 0 Å². The molecule has 1 heterocycles. The van der Waals surface area contributed by atoms with E-state index in [2.05, 4.69) is 38.0 Å². The fraction of sp³-hybridized carbons (Fsp3) is 1.00. The monoisotopic (exact) mass is 184 g/mol. The van der Waals surface area contributed by atoms with E-state index in [9.17, 15) is 0 Å². The zero-order valence-corrected chi connectivity index (χ0v) is 9.56. The van der Waals surface area contributed by atoms with E-state index in [0.717, 1.165) is 6.04 Å². The van der Waals surface area contributed by atoms with Crippen LogP contribution in [0.1, 0.15) is 33.6 Å². The van der Waals surface area contributed by atoms with Gasteiger partial charge in [-0.1, -0.05) is 20.8 Å². The Bertz CT molecular complexity index is 149. The largest absolute Gasteiger partial charge is 0.316 e. The summed E-state index contributed by atoms with van der Waals surface area (Å²) in [5.41, 5.74) is 0.484. The first-order valence-electron chi connectivity index (χ1n) is 5.41. The minimum absolute atomic E-state index is 0.484. The van der Waals surface area contributed by atoms with Crippen molar-refractivity contribution in [1.29, 1.82) is 0 Å². The van der Waals surface area contributed by atoms with Gasteiger partial charge in [-0.25, -0.2) is 0 Å². The molecule has 2 heteroatoms. The second kappa shape index (κ2) is 4.43. The normalized spacial score (nSPS) is 25.4. The molecule has 0 aromatic heterocycles. The van der Waals surface area contributed by atoms with Crippen molar-refractivity contribution < 1.29 is 0 Å². The molecule has 1 saturated heterocycles. The van der Waals surface area contributed by atoms with E-state index in [-0.39, 0.29) is 0 Å². The average Bonchev–Trinajstić information content (AvgIpc) is 2.47. The summed E-state index contributed by atoms with van der Waals surface area (Å²) in [6.07, 6.45) is 2.63. The van der Waals surface area contributed by atoms with E-state index in [1.807, 2.05) is 0 Å². The Morgan fingerprint density at radius 3 is 2.54 bits per heavy atom. The molecule has 0 spiro atoms. The summed E-state index contributed by atoms with van der Waals surface area (Å²) in [6.45, 7) is 10.7. The molecule has 78 valence electrons. The highest BCUT2D eigenvalue weighted by atomic mass is 15.2. The van der Waals surface area contributed by atoms with Gasteiger partial charge in [0.2, 0.25) is 0 Å². The zero-order valence-electron chi connectivity index (χ0n) is 9.56. The highest BCUT2D eigenvalue weighted by Gasteiger charge is 2.21. The van der Waals surface area contributed by atoms with Gasteiger partial charge < -0.3 is 10.2 Å². The van der Waals surface area contributed by atoms with Crippen LogP contribution >= 0.6 is 0 Å². The van der Waals surface area contributed by atoms with Crippen LogP contribution in [0.5, 0.6) is 0 Å². The fourth-order valence-corrected chi connectivity index (χ4v) is 1.76. The lowest BCUT2D eigenvalue weighted by Gasteiger charge is -2.23. The zero-order chi connectivity index (χ0) is 9.90. The number of hydrogen-bond donors (Lipinski definition) is 1. The highest BCUT2D eigenvalue weighted by Crippen LogP contribution is 2.20. The molecule has 0 aliphatic carbocycles. The van der Waals surface area contributed by atoms with Crippen molar-refractivity contribution in [3.63, 3.8) is 0 Å². The van der Waals surface area contributed by atoms with Gasteiger partial charge in [0.25, 0.3) is 0 Å². The van der Waals surface area contributed by atoms with Gasteiger partial charge in [0, 0.05) is 12.6 Å². The summed E-state index contributed by atoms with van der Waals surface area (Å²) in [6, 6.07) is 0.736. The van der Waals surface area contributed by atoms with E-state index in [0.29, 0.717) is 5.41 Å². The van der Waals surface area contributed by atoms with E-state index in [1.54, 1.807) is 0 Å². The third kappa shape index (κ3) is 4.10. The van der Waals surface area contributed by atoms with E-state index < -0.39 is 0 Å². The van der Waals surface area contributed by atoms with Gasteiger partial charge >= 0.3 is 0 Å². The van der Waals surface area contributed by atoms with Crippen LogP contribution in [0.15, 0.2) is 0 Å². The number of hydrogen-bond acceptors (Lipinski definition) is 2. The molecular formula is C11H24N2. The molecule has 1 atom stereocenters. The number of nitrogens with one attached hydrogen (secondary N) is 1. The maximum absolute atomic E-state index is 3.35. The molecule has 1 unspecified atom stereocenters. The Morgan fingerprint density at radius 2 is 2.08 bits per heavy atom. The van der Waals surface area contributed by atoms with Gasteiger partial charge in [-0.2, -0.15) is 0 Å². The number of rotatable bonds is 3. The molecule has 0 bridgehead atoms. The molecule has 0 aromatic carbocycles. The molecule has 1 aliphatic rings. The molecule has 0 saturated carbocycles. The number of likely N-dealkylation sites (tertiary alicyclic amines) is 1. The van der Waals surface area contributed by atoms with Crippen molar-refractivity contribution in [1.82, 2.24) is 10.2 Å². The standard InChI is InChI=1S/C11H24N2/c1-11(2,3)6-8-13-7-5-10(9-13)12-4/h10,12H,5-9H2,1-4H3. The number of nitrogens with zero attached hydrogens (tertiary/aromatic N) is 1. The average molecular weight is 184 g/mol. The smallest absolute Gasteiger partial charge is 0.0204 e. The molecule has 1 aliphatic heterocycles. The van der Waals surface area contributed by atoms with Crippen molar-refractivity contribution in [2.45, 2.75) is 39.7 Å². The van der Waals surface area contributed by atoms with Crippen LogP contribution in [0.25, 0.3) is 0 Å². The maximum Gasteiger partial charge on any atom is 0.0204 e. The molecule has 0 aromatic rings. The molecule has 0 amide bonds. The first kappa shape index (κ1) is 11.0. The summed E-state index contributed by atoms with van der Waals surface area (Å²) >= 11 is 0. The van der Waals surface area contributed by atoms with Crippen molar-refractivity contribution in [2.75, 3.05) is 26.7 Å². The van der Waals surface area contributed by atoms with Crippen LogP contribution in [-0.4, -0.2) is 37.6 Å². The second-order valence-electron chi connectivity index (χ2n) is 5.39. The van der Waals surface area contributed by atoms with Crippen LogP contribution < -0.4 is 5.32 Å². The second-order valence-corrected chi connectivity index (χ2v) is 5.39. The first-order valence-corrected chi connectivity index (χ1v) is 5.41. The minimum atomic E-state index is 0.484. The lowest BCUT2D eigenvalue weighted by molar-refractivity contribution is 0.261. The van der Waals surface area contributed by atoms with Crippen LogP contribution in [0, 0.1) is 5.41 Å². The molecule has 1 N–H and O–H groups in total. The van der Waals surface area contributed by atoms with Gasteiger partial charge in [-0.05, 0) is 38.4 Å². The molecule has 13 heavy (non-hydrogen) atoms. The summed E-state index contributed by atoms with van der Waals surface area (Å²) in [4.78, 5) is 2.58. The summed E-state index contributed by atoms with van der Waals surface area (Å²) in [5, 5.41) is 3.35. The van der Waals surface area contributed by atoms with Gasteiger partial charge in [0.1, 0.15) is 0 Å². The van der Waals surface area contributed by atoms with E-state index >= 15 is 0 Å². The Balaban J connectivity index is 2.17. The van der Waals surface area contributed by atoms with Crippen molar-refractivity contribution in [3.8, 4) is 0 Å². The van der Waals surface area contributed by atoms with Crippen molar-refractivity contribution >= 4 is 0 Å². The van der Waals surface area contributed by atoms with Crippen molar-refractivity contribution in [2.24, 2.45) is 5.41 Å². The van der Waals surface area contributed by atoms with Gasteiger partial charge in [-0.15, -0.1) is 0 Å². The van der Waals surface area contributed by atoms with Crippen LogP contribution in [0.2, 0.25) is 0 Å². The molecule has 1 fully saturated rings. The van der Waals surface area contributed by atoms with Crippen molar-refractivity contribution in [3.05, 3.63) is 0 Å².